The molecular weight excluding hydrogens is 490 g/mol. The highest BCUT2D eigenvalue weighted by Crippen LogP contribution is 2.50. The average Bonchev–Trinajstić information content (AvgIpc) is 2.90. The van der Waals surface area contributed by atoms with Gasteiger partial charge in [0, 0.05) is 17.8 Å². The van der Waals surface area contributed by atoms with Crippen molar-refractivity contribution in [2.75, 3.05) is 32.7 Å². The van der Waals surface area contributed by atoms with Crippen molar-refractivity contribution in [3.05, 3.63) is 71.3 Å². The zero-order valence-electron chi connectivity index (χ0n) is 24.7. The summed E-state index contributed by atoms with van der Waals surface area (Å²) in [7, 11) is 3.07. The van der Waals surface area contributed by atoms with Crippen LogP contribution in [0, 0.1) is 6.92 Å². The second-order valence-corrected chi connectivity index (χ2v) is 9.35. The van der Waals surface area contributed by atoms with Crippen LogP contribution in [0.25, 0.3) is 22.3 Å². The SMILES string of the molecule is CC.COc1cc(-c2ccc(NCC=C(C)C)c(C)c2)c(OC)c(O)c1-c1ccc(OCC=C(C)C)c(O)c1. The van der Waals surface area contributed by atoms with E-state index in [0.717, 1.165) is 28.9 Å². The monoisotopic (exact) mass is 533 g/mol. The first-order valence-electron chi connectivity index (χ1n) is 13.2. The van der Waals surface area contributed by atoms with Gasteiger partial charge in [0.05, 0.1) is 19.8 Å². The lowest BCUT2D eigenvalue weighted by Gasteiger charge is -2.19. The van der Waals surface area contributed by atoms with E-state index in [4.69, 9.17) is 14.2 Å². The van der Waals surface area contributed by atoms with Gasteiger partial charge in [0.15, 0.2) is 23.0 Å². The van der Waals surface area contributed by atoms with E-state index >= 15 is 0 Å². The number of anilines is 1. The van der Waals surface area contributed by atoms with E-state index in [2.05, 4.69) is 25.2 Å². The topological polar surface area (TPSA) is 80.2 Å². The number of aromatic hydroxyl groups is 2. The van der Waals surface area contributed by atoms with Crippen molar-refractivity contribution in [3.63, 3.8) is 0 Å². The van der Waals surface area contributed by atoms with Gasteiger partial charge >= 0.3 is 0 Å². The zero-order valence-corrected chi connectivity index (χ0v) is 24.7. The summed E-state index contributed by atoms with van der Waals surface area (Å²) in [5, 5.41) is 25.3. The van der Waals surface area contributed by atoms with Crippen molar-refractivity contribution in [2.24, 2.45) is 0 Å². The minimum Gasteiger partial charge on any atom is -0.504 e. The van der Waals surface area contributed by atoms with Crippen LogP contribution in [0.1, 0.15) is 47.1 Å². The maximum Gasteiger partial charge on any atom is 0.170 e. The van der Waals surface area contributed by atoms with E-state index in [9.17, 15) is 10.2 Å². The van der Waals surface area contributed by atoms with Gasteiger partial charge in [-0.3, -0.25) is 0 Å². The summed E-state index contributed by atoms with van der Waals surface area (Å²) in [5.74, 6) is 1.03. The highest BCUT2D eigenvalue weighted by atomic mass is 16.5. The Balaban J connectivity index is 0.00000260. The third-order valence-corrected chi connectivity index (χ3v) is 5.96. The molecule has 210 valence electrons. The first-order valence-corrected chi connectivity index (χ1v) is 13.2. The van der Waals surface area contributed by atoms with Crippen LogP contribution in [0.5, 0.6) is 28.7 Å². The fraction of sp³-hybridized carbons (Fsp3) is 0.333. The Morgan fingerprint density at radius 3 is 2.05 bits per heavy atom. The van der Waals surface area contributed by atoms with Crippen molar-refractivity contribution >= 4 is 5.69 Å². The van der Waals surface area contributed by atoms with Crippen LogP contribution in [0.15, 0.2) is 65.8 Å². The molecule has 3 N–H and O–H groups in total. The van der Waals surface area contributed by atoms with E-state index in [1.165, 1.54) is 12.7 Å². The Labute approximate surface area is 233 Å². The second kappa shape index (κ2) is 14.8. The summed E-state index contributed by atoms with van der Waals surface area (Å²) in [4.78, 5) is 0. The minimum absolute atomic E-state index is 0.0315. The molecule has 0 radical (unpaired) electrons. The third kappa shape index (κ3) is 7.96. The molecule has 0 atom stereocenters. The molecule has 0 aromatic heterocycles. The highest BCUT2D eigenvalue weighted by molar-refractivity contribution is 5.88. The summed E-state index contributed by atoms with van der Waals surface area (Å²) in [6, 6.07) is 12.9. The Morgan fingerprint density at radius 1 is 0.821 bits per heavy atom. The van der Waals surface area contributed by atoms with Crippen molar-refractivity contribution < 1.29 is 24.4 Å². The van der Waals surface area contributed by atoms with E-state index in [1.54, 1.807) is 25.3 Å². The van der Waals surface area contributed by atoms with E-state index in [1.807, 2.05) is 65.0 Å². The van der Waals surface area contributed by atoms with Crippen molar-refractivity contribution in [2.45, 2.75) is 48.5 Å². The third-order valence-electron chi connectivity index (χ3n) is 5.96. The predicted octanol–water partition coefficient (Wildman–Crippen LogP) is 8.51. The molecule has 0 amide bonds. The molecule has 0 aliphatic heterocycles. The van der Waals surface area contributed by atoms with Gasteiger partial charge in [0.2, 0.25) is 0 Å². The number of allylic oxidation sites excluding steroid dienone is 2. The fourth-order valence-corrected chi connectivity index (χ4v) is 3.98. The Kier molecular flexibility index (Phi) is 11.8. The van der Waals surface area contributed by atoms with Crippen LogP contribution in [-0.4, -0.2) is 37.6 Å². The average molecular weight is 534 g/mol. The summed E-state index contributed by atoms with van der Waals surface area (Å²) >= 11 is 0. The van der Waals surface area contributed by atoms with Crippen LogP contribution >= 0.6 is 0 Å². The molecule has 0 saturated carbocycles. The molecule has 0 spiro atoms. The largest absolute Gasteiger partial charge is 0.504 e. The Hall–Kier alpha value is -4.06. The van der Waals surface area contributed by atoms with Gasteiger partial charge in [-0.1, -0.05) is 43.2 Å². The van der Waals surface area contributed by atoms with Crippen LogP contribution in [-0.2, 0) is 0 Å². The summed E-state index contributed by atoms with van der Waals surface area (Å²) in [6.07, 6.45) is 4.07. The Bertz CT molecular complexity index is 1320. The number of benzene rings is 3. The van der Waals surface area contributed by atoms with Gasteiger partial charge in [0.25, 0.3) is 0 Å². The molecule has 0 fully saturated rings. The van der Waals surface area contributed by atoms with Crippen LogP contribution in [0.3, 0.4) is 0 Å². The number of hydrogen-bond acceptors (Lipinski definition) is 6. The van der Waals surface area contributed by atoms with Gasteiger partial charge in [-0.05, 0) is 87.7 Å². The molecule has 6 heteroatoms. The normalized spacial score (nSPS) is 10.1. The van der Waals surface area contributed by atoms with E-state index < -0.39 is 0 Å². The van der Waals surface area contributed by atoms with Crippen molar-refractivity contribution in [1.82, 2.24) is 0 Å². The molecule has 0 aliphatic rings. The lowest BCUT2D eigenvalue weighted by atomic mass is 9.95. The standard InChI is InChI=1S/C31H37NO5.C2H6/c1-19(2)12-14-32-25-10-8-22(16-21(25)5)24-18-28(35-6)29(30(34)31(24)36-7)23-9-11-27(26(33)17-23)37-15-13-20(3)4;1-2/h8-13,16-18,32-34H,14-15H2,1-7H3;1-2H3. The van der Waals surface area contributed by atoms with Crippen LogP contribution < -0.4 is 19.5 Å². The summed E-state index contributed by atoms with van der Waals surface area (Å²) in [5.41, 5.74) is 7.07. The first-order chi connectivity index (χ1) is 18.7. The van der Waals surface area contributed by atoms with E-state index in [-0.39, 0.29) is 11.5 Å². The number of phenols is 2. The number of nitrogens with one attached hydrogen (secondary N) is 1. The quantitative estimate of drug-likeness (QED) is 0.227. The molecule has 0 saturated heterocycles. The zero-order chi connectivity index (χ0) is 29.1. The Morgan fingerprint density at radius 2 is 1.49 bits per heavy atom. The van der Waals surface area contributed by atoms with Crippen molar-refractivity contribution in [3.8, 4) is 51.0 Å². The molecule has 39 heavy (non-hydrogen) atoms. The van der Waals surface area contributed by atoms with Crippen molar-refractivity contribution in [1.29, 1.82) is 0 Å². The molecule has 0 aliphatic carbocycles. The lowest BCUT2D eigenvalue weighted by molar-refractivity contribution is 0.335. The molecule has 3 rings (SSSR count). The number of aryl methyl sites for hydroxylation is 1. The molecule has 3 aromatic rings. The predicted molar refractivity (Wildman–Crippen MR) is 163 cm³/mol. The van der Waals surface area contributed by atoms with Gasteiger partial charge < -0.3 is 29.7 Å². The van der Waals surface area contributed by atoms with E-state index in [0.29, 0.717) is 40.5 Å². The van der Waals surface area contributed by atoms with Gasteiger partial charge in [0.1, 0.15) is 12.4 Å². The number of hydrogen-bond donors (Lipinski definition) is 3. The molecule has 0 unspecified atom stereocenters. The minimum atomic E-state index is -0.0714. The fourth-order valence-electron chi connectivity index (χ4n) is 3.98. The molecule has 0 bridgehead atoms. The molecule has 6 nitrogen and oxygen atoms in total. The molecular formula is C33H43NO5. The van der Waals surface area contributed by atoms with Gasteiger partial charge in [-0.25, -0.2) is 0 Å². The molecule has 0 heterocycles. The smallest absolute Gasteiger partial charge is 0.170 e. The van der Waals surface area contributed by atoms with Gasteiger partial charge in [-0.2, -0.15) is 0 Å². The highest BCUT2D eigenvalue weighted by Gasteiger charge is 2.22. The molecule has 3 aromatic carbocycles. The number of ether oxygens (including phenoxy) is 3. The van der Waals surface area contributed by atoms with Crippen LogP contribution in [0.2, 0.25) is 0 Å². The second-order valence-electron chi connectivity index (χ2n) is 9.35. The van der Waals surface area contributed by atoms with Crippen LogP contribution in [0.4, 0.5) is 5.69 Å². The lowest BCUT2D eigenvalue weighted by Crippen LogP contribution is -2.01. The first kappa shape index (κ1) is 31.2. The summed E-state index contributed by atoms with van der Waals surface area (Å²) in [6.45, 7) is 15.3. The maximum absolute atomic E-state index is 11.3. The maximum atomic E-state index is 11.3. The summed E-state index contributed by atoms with van der Waals surface area (Å²) < 4.78 is 17.0. The number of phenolic OH excluding ortho intramolecular Hbond substituents is 2. The number of methoxy groups -OCH3 is 2. The number of rotatable bonds is 10. The van der Waals surface area contributed by atoms with Gasteiger partial charge in [-0.15, -0.1) is 0 Å².